The molecule has 23 heavy (non-hydrogen) atoms. The van der Waals surface area contributed by atoms with Gasteiger partial charge in [0.25, 0.3) is 5.56 Å². The van der Waals surface area contributed by atoms with E-state index in [1.807, 2.05) is 25.1 Å². The fourth-order valence-electron chi connectivity index (χ4n) is 3.15. The topological polar surface area (TPSA) is 78.1 Å². The lowest BCUT2D eigenvalue weighted by molar-refractivity contribution is -0.126. The van der Waals surface area contributed by atoms with Gasteiger partial charge in [-0.2, -0.15) is 0 Å². The lowest BCUT2D eigenvalue weighted by Gasteiger charge is -2.31. The van der Waals surface area contributed by atoms with Gasteiger partial charge in [0.2, 0.25) is 5.91 Å². The van der Waals surface area contributed by atoms with Gasteiger partial charge in [-0.3, -0.25) is 14.5 Å². The first kappa shape index (κ1) is 15.7. The summed E-state index contributed by atoms with van der Waals surface area (Å²) in [7, 11) is 0. The summed E-state index contributed by atoms with van der Waals surface area (Å²) in [6, 6.07) is 7.34. The zero-order chi connectivity index (χ0) is 16.2. The fraction of sp³-hybridized carbons (Fsp3) is 0.471. The maximum Gasteiger partial charge on any atom is 0.258 e. The van der Waals surface area contributed by atoms with Crippen LogP contribution in [-0.4, -0.2) is 40.4 Å². The molecule has 1 aromatic heterocycles. The Morgan fingerprint density at radius 3 is 3.09 bits per heavy atom. The molecule has 0 saturated carbocycles. The van der Waals surface area contributed by atoms with E-state index in [2.05, 4.69) is 20.2 Å². The maximum absolute atomic E-state index is 12.1. The summed E-state index contributed by atoms with van der Waals surface area (Å²) in [4.78, 5) is 33.7. The van der Waals surface area contributed by atoms with Gasteiger partial charge in [-0.05, 0) is 38.4 Å². The molecular formula is C17H22N4O2. The van der Waals surface area contributed by atoms with Crippen molar-refractivity contribution in [2.75, 3.05) is 19.6 Å². The number of carbonyl (C=O) groups is 1. The molecule has 1 atom stereocenters. The van der Waals surface area contributed by atoms with E-state index in [1.54, 1.807) is 6.07 Å². The average Bonchev–Trinajstić information content (AvgIpc) is 2.55. The van der Waals surface area contributed by atoms with Gasteiger partial charge in [-0.1, -0.05) is 12.1 Å². The number of piperidine rings is 1. The zero-order valence-electron chi connectivity index (χ0n) is 13.3. The van der Waals surface area contributed by atoms with Gasteiger partial charge in [-0.25, -0.2) is 4.98 Å². The molecule has 3 rings (SSSR count). The van der Waals surface area contributed by atoms with Crippen molar-refractivity contribution in [3.05, 3.63) is 40.4 Å². The highest BCUT2D eigenvalue weighted by Gasteiger charge is 2.25. The minimum Gasteiger partial charge on any atom is -0.356 e. The highest BCUT2D eigenvalue weighted by Crippen LogP contribution is 2.18. The molecule has 6 heteroatoms. The second kappa shape index (κ2) is 6.91. The first-order chi connectivity index (χ1) is 11.2. The SMILES string of the molecule is CCNC(=O)[C@H]1CCCN(Cc2nc3ccccc3c(=O)[nH]2)C1. The summed E-state index contributed by atoms with van der Waals surface area (Å²) in [5.74, 6) is 0.804. The molecule has 1 fully saturated rings. The number of carbonyl (C=O) groups excluding carboxylic acids is 1. The Bertz CT molecular complexity index is 756. The van der Waals surface area contributed by atoms with Crippen molar-refractivity contribution in [3.8, 4) is 0 Å². The number of aromatic nitrogens is 2. The van der Waals surface area contributed by atoms with Crippen LogP contribution < -0.4 is 10.9 Å². The lowest BCUT2D eigenvalue weighted by atomic mass is 9.97. The summed E-state index contributed by atoms with van der Waals surface area (Å²) in [5.41, 5.74) is 0.603. The van der Waals surface area contributed by atoms with Crippen LogP contribution >= 0.6 is 0 Å². The van der Waals surface area contributed by atoms with Crippen LogP contribution in [0.2, 0.25) is 0 Å². The van der Waals surface area contributed by atoms with E-state index in [4.69, 9.17) is 0 Å². The minimum atomic E-state index is -0.108. The Hall–Kier alpha value is -2.21. The average molecular weight is 314 g/mol. The predicted octanol–water partition coefficient (Wildman–Crippen LogP) is 1.27. The van der Waals surface area contributed by atoms with E-state index < -0.39 is 0 Å². The summed E-state index contributed by atoms with van der Waals surface area (Å²) in [6.45, 7) is 4.79. The Labute approximate surface area is 134 Å². The molecule has 1 aliphatic heterocycles. The predicted molar refractivity (Wildman–Crippen MR) is 89.0 cm³/mol. The Balaban J connectivity index is 1.74. The number of nitrogens with one attached hydrogen (secondary N) is 2. The lowest BCUT2D eigenvalue weighted by Crippen LogP contribution is -2.43. The number of para-hydroxylation sites is 1. The van der Waals surface area contributed by atoms with Crippen LogP contribution in [0.5, 0.6) is 0 Å². The standard InChI is InChI=1S/C17H22N4O2/c1-2-18-16(22)12-6-5-9-21(10-12)11-15-19-14-8-4-3-7-13(14)17(23)20-15/h3-4,7-8,12H,2,5-6,9-11H2,1H3,(H,18,22)(H,19,20,23)/t12-/m0/s1. The number of nitrogens with zero attached hydrogens (tertiary/aromatic N) is 2. The molecule has 0 radical (unpaired) electrons. The van der Waals surface area contributed by atoms with E-state index in [-0.39, 0.29) is 17.4 Å². The van der Waals surface area contributed by atoms with Crippen molar-refractivity contribution in [2.45, 2.75) is 26.3 Å². The molecule has 1 saturated heterocycles. The summed E-state index contributed by atoms with van der Waals surface area (Å²) in [5, 5.41) is 3.50. The number of aromatic amines is 1. The van der Waals surface area contributed by atoms with Crippen molar-refractivity contribution in [3.63, 3.8) is 0 Å². The second-order valence-corrected chi connectivity index (χ2v) is 6.00. The Kier molecular flexibility index (Phi) is 4.71. The molecule has 1 aliphatic rings. The van der Waals surface area contributed by atoms with Gasteiger partial charge in [0.1, 0.15) is 5.82 Å². The third-order valence-corrected chi connectivity index (χ3v) is 4.26. The van der Waals surface area contributed by atoms with E-state index in [0.29, 0.717) is 36.4 Å². The van der Waals surface area contributed by atoms with Crippen molar-refractivity contribution >= 4 is 16.8 Å². The number of H-pyrrole nitrogens is 1. The van der Waals surface area contributed by atoms with Gasteiger partial charge >= 0.3 is 0 Å². The number of likely N-dealkylation sites (tertiary alicyclic amines) is 1. The molecular weight excluding hydrogens is 292 g/mol. The summed E-state index contributed by atoms with van der Waals surface area (Å²) >= 11 is 0. The molecule has 122 valence electrons. The third kappa shape index (κ3) is 3.59. The van der Waals surface area contributed by atoms with Crippen LogP contribution in [0.4, 0.5) is 0 Å². The highest BCUT2D eigenvalue weighted by atomic mass is 16.2. The molecule has 0 unspecified atom stereocenters. The van der Waals surface area contributed by atoms with Crippen LogP contribution in [0.3, 0.4) is 0 Å². The van der Waals surface area contributed by atoms with E-state index >= 15 is 0 Å². The monoisotopic (exact) mass is 314 g/mol. The van der Waals surface area contributed by atoms with Gasteiger partial charge in [0.15, 0.2) is 0 Å². The van der Waals surface area contributed by atoms with Crippen LogP contribution in [0.1, 0.15) is 25.6 Å². The van der Waals surface area contributed by atoms with Gasteiger partial charge in [0.05, 0.1) is 23.4 Å². The summed E-state index contributed by atoms with van der Waals surface area (Å²) in [6.07, 6.45) is 1.91. The third-order valence-electron chi connectivity index (χ3n) is 4.26. The second-order valence-electron chi connectivity index (χ2n) is 6.00. The van der Waals surface area contributed by atoms with Crippen molar-refractivity contribution < 1.29 is 4.79 Å². The minimum absolute atomic E-state index is 0.0240. The smallest absolute Gasteiger partial charge is 0.258 e. The van der Waals surface area contributed by atoms with Crippen LogP contribution in [0, 0.1) is 5.92 Å². The first-order valence-electron chi connectivity index (χ1n) is 8.15. The molecule has 0 spiro atoms. The van der Waals surface area contributed by atoms with Crippen molar-refractivity contribution in [1.29, 1.82) is 0 Å². The Morgan fingerprint density at radius 1 is 1.43 bits per heavy atom. The number of hydrogen-bond acceptors (Lipinski definition) is 4. The highest BCUT2D eigenvalue weighted by molar-refractivity contribution is 5.79. The fourth-order valence-corrected chi connectivity index (χ4v) is 3.15. The quantitative estimate of drug-likeness (QED) is 0.891. The molecule has 1 amide bonds. The number of amides is 1. The molecule has 2 N–H and O–H groups in total. The number of rotatable bonds is 4. The molecule has 2 aromatic rings. The van der Waals surface area contributed by atoms with Crippen LogP contribution in [-0.2, 0) is 11.3 Å². The van der Waals surface area contributed by atoms with Crippen molar-refractivity contribution in [2.24, 2.45) is 5.92 Å². The molecule has 1 aromatic carbocycles. The van der Waals surface area contributed by atoms with Crippen LogP contribution in [0.15, 0.2) is 29.1 Å². The molecule has 2 heterocycles. The molecule has 0 bridgehead atoms. The maximum atomic E-state index is 12.1. The zero-order valence-corrected chi connectivity index (χ0v) is 13.3. The first-order valence-corrected chi connectivity index (χ1v) is 8.15. The normalized spacial score (nSPS) is 18.9. The number of hydrogen-bond donors (Lipinski definition) is 2. The van der Waals surface area contributed by atoms with E-state index in [1.165, 1.54) is 0 Å². The van der Waals surface area contributed by atoms with E-state index in [9.17, 15) is 9.59 Å². The van der Waals surface area contributed by atoms with Gasteiger partial charge < -0.3 is 10.3 Å². The summed E-state index contributed by atoms with van der Waals surface area (Å²) < 4.78 is 0. The van der Waals surface area contributed by atoms with Crippen molar-refractivity contribution in [1.82, 2.24) is 20.2 Å². The van der Waals surface area contributed by atoms with Gasteiger partial charge in [0, 0.05) is 13.1 Å². The number of fused-ring (bicyclic) bond motifs is 1. The molecule has 0 aliphatic carbocycles. The van der Waals surface area contributed by atoms with Crippen LogP contribution in [0.25, 0.3) is 10.9 Å². The number of benzene rings is 1. The van der Waals surface area contributed by atoms with E-state index in [0.717, 1.165) is 19.4 Å². The largest absolute Gasteiger partial charge is 0.356 e. The van der Waals surface area contributed by atoms with Gasteiger partial charge in [-0.15, -0.1) is 0 Å². The molecule has 6 nitrogen and oxygen atoms in total. The Morgan fingerprint density at radius 2 is 2.26 bits per heavy atom.